The number of pyridine rings is 1. The molecule has 2 aliphatic rings. The SMILES string of the molecule is Cn1cc(Nc2ncc(Cl)c(N3C[C@]4(C)CN(c5ccccn5)C[C@]4(C)C3)n2)cn1. The minimum atomic E-state index is 0.107. The monoisotopic (exact) mass is 424 g/mol. The van der Waals surface area contributed by atoms with E-state index < -0.39 is 0 Å². The number of rotatable bonds is 4. The van der Waals surface area contributed by atoms with E-state index in [4.69, 9.17) is 16.6 Å². The molecule has 30 heavy (non-hydrogen) atoms. The molecule has 0 unspecified atom stereocenters. The Morgan fingerprint density at radius 3 is 2.37 bits per heavy atom. The van der Waals surface area contributed by atoms with Crippen molar-refractivity contribution in [3.05, 3.63) is 48.0 Å². The average molecular weight is 425 g/mol. The first kappa shape index (κ1) is 19.1. The van der Waals surface area contributed by atoms with E-state index in [1.165, 1.54) is 0 Å². The molecule has 2 fully saturated rings. The van der Waals surface area contributed by atoms with Gasteiger partial charge in [-0.15, -0.1) is 0 Å². The number of hydrogen-bond acceptors (Lipinski definition) is 7. The van der Waals surface area contributed by atoms with Gasteiger partial charge in [0.05, 0.1) is 18.1 Å². The summed E-state index contributed by atoms with van der Waals surface area (Å²) in [6, 6.07) is 6.09. The molecule has 1 N–H and O–H groups in total. The fourth-order valence-electron chi connectivity index (χ4n) is 4.77. The van der Waals surface area contributed by atoms with Gasteiger partial charge in [0.1, 0.15) is 10.8 Å². The van der Waals surface area contributed by atoms with Crippen molar-refractivity contribution in [3.8, 4) is 0 Å². The number of nitrogens with one attached hydrogen (secondary N) is 1. The molecule has 0 aromatic carbocycles. The van der Waals surface area contributed by atoms with Crippen LogP contribution in [0, 0.1) is 10.8 Å². The number of halogens is 1. The van der Waals surface area contributed by atoms with Crippen LogP contribution in [0.15, 0.2) is 43.0 Å². The summed E-state index contributed by atoms with van der Waals surface area (Å²) in [5, 5.41) is 7.95. The van der Waals surface area contributed by atoms with E-state index >= 15 is 0 Å². The van der Waals surface area contributed by atoms with Crippen LogP contribution in [0.3, 0.4) is 0 Å². The van der Waals surface area contributed by atoms with Gasteiger partial charge in [-0.05, 0) is 12.1 Å². The molecule has 8 nitrogen and oxygen atoms in total. The summed E-state index contributed by atoms with van der Waals surface area (Å²) in [6.07, 6.45) is 7.15. The second-order valence-electron chi connectivity index (χ2n) is 8.91. The van der Waals surface area contributed by atoms with Crippen LogP contribution in [0.25, 0.3) is 0 Å². The van der Waals surface area contributed by atoms with E-state index in [-0.39, 0.29) is 10.8 Å². The van der Waals surface area contributed by atoms with E-state index in [0.717, 1.165) is 43.5 Å². The zero-order chi connectivity index (χ0) is 20.9. The number of hydrogen-bond donors (Lipinski definition) is 1. The molecule has 2 atom stereocenters. The van der Waals surface area contributed by atoms with Gasteiger partial charge in [-0.25, -0.2) is 9.97 Å². The standard InChI is InChI=1S/C21H25ClN8/c1-20-11-29(17-6-4-5-7-23-17)12-21(20,2)14-30(13-20)18-16(22)9-24-19(27-18)26-15-8-25-28(3)10-15/h4-10H,11-14H2,1-3H3,(H,24,26,27)/t20-,21+. The Hall–Kier alpha value is -2.87. The Kier molecular flexibility index (Phi) is 4.36. The highest BCUT2D eigenvalue weighted by molar-refractivity contribution is 6.32. The van der Waals surface area contributed by atoms with E-state index in [1.54, 1.807) is 17.1 Å². The van der Waals surface area contributed by atoms with Crippen molar-refractivity contribution in [2.75, 3.05) is 41.3 Å². The third-order valence-electron chi connectivity index (χ3n) is 6.58. The molecular weight excluding hydrogens is 400 g/mol. The Morgan fingerprint density at radius 1 is 1.00 bits per heavy atom. The second-order valence-corrected chi connectivity index (χ2v) is 9.32. The highest BCUT2D eigenvalue weighted by Crippen LogP contribution is 2.53. The van der Waals surface area contributed by atoms with Gasteiger partial charge in [0.25, 0.3) is 0 Å². The van der Waals surface area contributed by atoms with Crippen LogP contribution in [-0.4, -0.2) is 50.9 Å². The lowest BCUT2D eigenvalue weighted by Crippen LogP contribution is -2.34. The van der Waals surface area contributed by atoms with Crippen LogP contribution in [0.5, 0.6) is 0 Å². The third kappa shape index (κ3) is 3.15. The molecule has 3 aromatic heterocycles. The highest BCUT2D eigenvalue weighted by Gasteiger charge is 2.58. The fourth-order valence-corrected chi connectivity index (χ4v) is 4.98. The first-order valence-electron chi connectivity index (χ1n) is 10.0. The van der Waals surface area contributed by atoms with Crippen LogP contribution in [0.2, 0.25) is 5.02 Å². The van der Waals surface area contributed by atoms with Gasteiger partial charge in [0, 0.05) is 56.5 Å². The van der Waals surface area contributed by atoms with Crippen molar-refractivity contribution >= 4 is 34.9 Å². The minimum absolute atomic E-state index is 0.107. The van der Waals surface area contributed by atoms with E-state index in [1.807, 2.05) is 31.6 Å². The van der Waals surface area contributed by atoms with E-state index in [2.05, 4.69) is 50.1 Å². The first-order valence-corrected chi connectivity index (χ1v) is 10.4. The van der Waals surface area contributed by atoms with Crippen LogP contribution >= 0.6 is 11.6 Å². The molecule has 0 amide bonds. The van der Waals surface area contributed by atoms with Gasteiger partial charge in [-0.2, -0.15) is 10.1 Å². The zero-order valence-corrected chi connectivity index (χ0v) is 18.1. The molecule has 0 radical (unpaired) electrons. The summed E-state index contributed by atoms with van der Waals surface area (Å²) in [7, 11) is 1.87. The Bertz CT molecular complexity index is 1050. The van der Waals surface area contributed by atoms with Crippen molar-refractivity contribution in [1.82, 2.24) is 24.7 Å². The molecule has 5 heterocycles. The minimum Gasteiger partial charge on any atom is -0.355 e. The molecule has 9 heteroatoms. The van der Waals surface area contributed by atoms with Gasteiger partial charge in [-0.3, -0.25) is 4.68 Å². The van der Waals surface area contributed by atoms with Gasteiger partial charge in [0.15, 0.2) is 5.82 Å². The average Bonchev–Trinajstić information content (AvgIpc) is 3.31. The predicted molar refractivity (Wildman–Crippen MR) is 118 cm³/mol. The predicted octanol–water partition coefficient (Wildman–Crippen LogP) is 3.35. The Labute approximate surface area is 180 Å². The van der Waals surface area contributed by atoms with E-state index in [9.17, 15) is 0 Å². The first-order chi connectivity index (χ1) is 14.4. The molecule has 0 spiro atoms. The normalized spacial score (nSPS) is 25.6. The molecule has 2 saturated heterocycles. The van der Waals surface area contributed by atoms with Crippen molar-refractivity contribution < 1.29 is 0 Å². The summed E-state index contributed by atoms with van der Waals surface area (Å²) in [4.78, 5) is 18.3. The Balaban J connectivity index is 1.38. The number of aryl methyl sites for hydroxylation is 1. The maximum absolute atomic E-state index is 6.52. The molecule has 0 bridgehead atoms. The maximum Gasteiger partial charge on any atom is 0.229 e. The van der Waals surface area contributed by atoms with Gasteiger partial charge in [-0.1, -0.05) is 31.5 Å². The van der Waals surface area contributed by atoms with Crippen molar-refractivity contribution in [2.24, 2.45) is 17.9 Å². The number of anilines is 4. The number of nitrogens with zero attached hydrogens (tertiary/aromatic N) is 7. The molecule has 0 saturated carbocycles. The van der Waals surface area contributed by atoms with Crippen LogP contribution < -0.4 is 15.1 Å². The summed E-state index contributed by atoms with van der Waals surface area (Å²) in [5.41, 5.74) is 1.06. The van der Waals surface area contributed by atoms with Gasteiger partial charge < -0.3 is 15.1 Å². The smallest absolute Gasteiger partial charge is 0.229 e. The van der Waals surface area contributed by atoms with Crippen LogP contribution in [0.1, 0.15) is 13.8 Å². The van der Waals surface area contributed by atoms with Crippen molar-refractivity contribution in [3.63, 3.8) is 0 Å². The van der Waals surface area contributed by atoms with Crippen molar-refractivity contribution in [2.45, 2.75) is 13.8 Å². The number of fused-ring (bicyclic) bond motifs is 1. The number of aromatic nitrogens is 5. The fraction of sp³-hybridized carbons (Fsp3) is 0.429. The summed E-state index contributed by atoms with van der Waals surface area (Å²) < 4.78 is 1.73. The summed E-state index contributed by atoms with van der Waals surface area (Å²) >= 11 is 6.52. The topological polar surface area (TPSA) is 75.0 Å². The largest absolute Gasteiger partial charge is 0.355 e. The van der Waals surface area contributed by atoms with Crippen LogP contribution in [0.4, 0.5) is 23.3 Å². The molecule has 5 rings (SSSR count). The molecule has 3 aromatic rings. The lowest BCUT2D eigenvalue weighted by atomic mass is 9.71. The van der Waals surface area contributed by atoms with Crippen LogP contribution in [-0.2, 0) is 7.05 Å². The quantitative estimate of drug-likeness (QED) is 0.688. The second kappa shape index (κ2) is 6.84. The molecule has 156 valence electrons. The molecular formula is C21H25ClN8. The lowest BCUT2D eigenvalue weighted by molar-refractivity contribution is 0.212. The molecule has 2 aliphatic heterocycles. The third-order valence-corrected chi connectivity index (χ3v) is 6.84. The summed E-state index contributed by atoms with van der Waals surface area (Å²) in [6.45, 7) is 8.41. The molecule has 0 aliphatic carbocycles. The van der Waals surface area contributed by atoms with Gasteiger partial charge >= 0.3 is 0 Å². The summed E-state index contributed by atoms with van der Waals surface area (Å²) in [5.74, 6) is 2.34. The van der Waals surface area contributed by atoms with E-state index in [0.29, 0.717) is 11.0 Å². The Morgan fingerprint density at radius 2 is 1.73 bits per heavy atom. The lowest BCUT2D eigenvalue weighted by Gasteiger charge is -2.29. The zero-order valence-electron chi connectivity index (χ0n) is 17.4. The maximum atomic E-state index is 6.52. The highest BCUT2D eigenvalue weighted by atomic mass is 35.5. The van der Waals surface area contributed by atoms with Gasteiger partial charge in [0.2, 0.25) is 5.95 Å². The van der Waals surface area contributed by atoms with Crippen molar-refractivity contribution in [1.29, 1.82) is 0 Å².